The highest BCUT2D eigenvalue weighted by molar-refractivity contribution is 5.95. The van der Waals surface area contributed by atoms with E-state index >= 15 is 0 Å². The van der Waals surface area contributed by atoms with Gasteiger partial charge in [0.05, 0.1) is 11.4 Å². The molecule has 0 aliphatic heterocycles. The van der Waals surface area contributed by atoms with Gasteiger partial charge in [-0.25, -0.2) is 4.98 Å². The van der Waals surface area contributed by atoms with Crippen molar-refractivity contribution in [1.82, 2.24) is 19.7 Å². The van der Waals surface area contributed by atoms with E-state index in [1.165, 1.54) is 19.3 Å². The average molecular weight is 480 g/mol. The maximum absolute atomic E-state index is 13.2. The largest absolute Gasteiger partial charge is 0.352 e. The molecule has 0 atom stereocenters. The van der Waals surface area contributed by atoms with Gasteiger partial charge >= 0.3 is 0 Å². The smallest absolute Gasteiger partial charge is 0.251 e. The fourth-order valence-electron chi connectivity index (χ4n) is 7.39. The third-order valence-corrected chi connectivity index (χ3v) is 8.46. The second-order valence-electron chi connectivity index (χ2n) is 11.0. The maximum Gasteiger partial charge on any atom is 0.251 e. The van der Waals surface area contributed by atoms with E-state index in [1.807, 2.05) is 53.1 Å². The number of pyridine rings is 2. The average Bonchev–Trinajstić information content (AvgIpc) is 3.34. The van der Waals surface area contributed by atoms with E-state index in [2.05, 4.69) is 20.6 Å². The molecule has 7 heteroatoms. The highest BCUT2D eigenvalue weighted by atomic mass is 16.1. The summed E-state index contributed by atoms with van der Waals surface area (Å²) in [6, 6.07) is 15.1. The van der Waals surface area contributed by atoms with E-state index < -0.39 is 0 Å². The number of carbonyl (C=O) groups is 1. The number of aromatic amines is 1. The Morgan fingerprint density at radius 2 is 1.69 bits per heavy atom. The summed E-state index contributed by atoms with van der Waals surface area (Å²) in [4.78, 5) is 32.1. The first kappa shape index (κ1) is 21.4. The SMILES string of the molecule is O=C(NC12CC3CC(CC(C3)C1)C2)c1ccc(Nc2ccc(-c3cc[nH]c(=O)c3)n3ccnc23)cc1. The van der Waals surface area contributed by atoms with Crippen molar-refractivity contribution in [2.75, 3.05) is 5.32 Å². The third kappa shape index (κ3) is 3.70. The number of nitrogens with one attached hydrogen (secondary N) is 3. The molecule has 3 heterocycles. The van der Waals surface area contributed by atoms with Gasteiger partial charge < -0.3 is 15.6 Å². The topological polar surface area (TPSA) is 91.3 Å². The number of H-pyrrole nitrogens is 1. The van der Waals surface area contributed by atoms with Gasteiger partial charge in [0.25, 0.3) is 5.91 Å². The van der Waals surface area contributed by atoms with Crippen molar-refractivity contribution < 1.29 is 4.79 Å². The van der Waals surface area contributed by atoms with E-state index in [0.29, 0.717) is 5.56 Å². The Balaban J connectivity index is 1.09. The van der Waals surface area contributed by atoms with Gasteiger partial charge in [0.15, 0.2) is 5.65 Å². The van der Waals surface area contributed by atoms with Crippen molar-refractivity contribution in [3.05, 3.63) is 83.0 Å². The molecule has 8 rings (SSSR count). The quantitative estimate of drug-likeness (QED) is 0.370. The summed E-state index contributed by atoms with van der Waals surface area (Å²) in [5, 5.41) is 6.89. The van der Waals surface area contributed by atoms with Crippen LogP contribution in [0.2, 0.25) is 0 Å². The van der Waals surface area contributed by atoms with Gasteiger partial charge in [-0.15, -0.1) is 0 Å². The van der Waals surface area contributed by atoms with Crippen LogP contribution in [0.5, 0.6) is 0 Å². The summed E-state index contributed by atoms with van der Waals surface area (Å²) >= 11 is 0. The van der Waals surface area contributed by atoms with E-state index in [-0.39, 0.29) is 17.0 Å². The molecule has 4 fully saturated rings. The fourth-order valence-corrected chi connectivity index (χ4v) is 7.39. The third-order valence-electron chi connectivity index (χ3n) is 8.46. The van der Waals surface area contributed by atoms with E-state index in [0.717, 1.165) is 65.3 Å². The Kier molecular flexibility index (Phi) is 4.81. The molecule has 4 aromatic rings. The molecule has 0 spiro atoms. The number of hydrogen-bond donors (Lipinski definition) is 3. The number of imidazole rings is 1. The Morgan fingerprint density at radius 1 is 0.972 bits per heavy atom. The van der Waals surface area contributed by atoms with Crippen molar-refractivity contribution >= 4 is 22.9 Å². The van der Waals surface area contributed by atoms with Gasteiger partial charge in [-0.2, -0.15) is 0 Å². The van der Waals surface area contributed by atoms with Crippen molar-refractivity contribution in [2.45, 2.75) is 44.1 Å². The van der Waals surface area contributed by atoms with E-state index in [4.69, 9.17) is 0 Å². The molecule has 3 aromatic heterocycles. The summed E-state index contributed by atoms with van der Waals surface area (Å²) in [5.74, 6) is 2.45. The number of amides is 1. The van der Waals surface area contributed by atoms with Crippen LogP contribution in [0.15, 0.2) is 71.9 Å². The number of aromatic nitrogens is 3. The summed E-state index contributed by atoms with van der Waals surface area (Å²) in [5.41, 5.74) is 4.77. The summed E-state index contributed by atoms with van der Waals surface area (Å²) < 4.78 is 1.96. The zero-order valence-electron chi connectivity index (χ0n) is 20.0. The molecule has 36 heavy (non-hydrogen) atoms. The van der Waals surface area contributed by atoms with Crippen LogP contribution >= 0.6 is 0 Å². The molecule has 1 aromatic carbocycles. The summed E-state index contributed by atoms with van der Waals surface area (Å²) in [7, 11) is 0. The number of nitrogens with zero attached hydrogens (tertiary/aromatic N) is 2. The normalized spacial score (nSPS) is 26.3. The lowest BCUT2D eigenvalue weighted by Gasteiger charge is -2.56. The Bertz CT molecular complexity index is 1480. The van der Waals surface area contributed by atoms with Crippen LogP contribution in [0.25, 0.3) is 16.9 Å². The first-order valence-electron chi connectivity index (χ1n) is 12.9. The standard InChI is InChI=1S/C29H29N5O2/c35-26-14-22(7-8-30-26)25-6-5-24(27-31-9-10-34(25)27)32-23-3-1-21(2-4-23)28(36)33-29-15-18-11-19(16-29)13-20(12-18)17-29/h1-10,14,18-20,32H,11-13,15-17H2,(H,30,35)(H,33,36). The van der Waals surface area contributed by atoms with Crippen LogP contribution in [0.3, 0.4) is 0 Å². The molecule has 1 amide bonds. The van der Waals surface area contributed by atoms with Gasteiger partial charge in [0.1, 0.15) is 0 Å². The number of fused-ring (bicyclic) bond motifs is 1. The molecule has 4 bridgehead atoms. The van der Waals surface area contributed by atoms with Gasteiger partial charge in [-0.05, 0) is 98.7 Å². The minimum Gasteiger partial charge on any atom is -0.352 e. The summed E-state index contributed by atoms with van der Waals surface area (Å²) in [6.45, 7) is 0. The predicted molar refractivity (Wildman–Crippen MR) is 139 cm³/mol. The van der Waals surface area contributed by atoms with Crippen molar-refractivity contribution in [2.24, 2.45) is 17.8 Å². The van der Waals surface area contributed by atoms with E-state index in [1.54, 1.807) is 18.5 Å². The number of carbonyl (C=O) groups excluding carboxylic acids is 1. The second kappa shape index (κ2) is 8.08. The molecule has 7 nitrogen and oxygen atoms in total. The Hall–Kier alpha value is -3.87. The lowest BCUT2D eigenvalue weighted by atomic mass is 9.53. The van der Waals surface area contributed by atoms with E-state index in [9.17, 15) is 9.59 Å². The number of anilines is 2. The highest BCUT2D eigenvalue weighted by Crippen LogP contribution is 2.55. The lowest BCUT2D eigenvalue weighted by molar-refractivity contribution is -0.0167. The van der Waals surface area contributed by atoms with Crippen LogP contribution in [0.1, 0.15) is 48.9 Å². The van der Waals surface area contributed by atoms with Crippen LogP contribution in [0.4, 0.5) is 11.4 Å². The molecule has 4 aliphatic carbocycles. The molecule has 0 saturated heterocycles. The maximum atomic E-state index is 13.2. The van der Waals surface area contributed by atoms with Crippen LogP contribution in [-0.2, 0) is 0 Å². The van der Waals surface area contributed by atoms with Crippen LogP contribution in [-0.4, -0.2) is 25.8 Å². The molecule has 182 valence electrons. The molecule has 4 aliphatic rings. The lowest BCUT2D eigenvalue weighted by Crippen LogP contribution is -2.59. The first-order valence-corrected chi connectivity index (χ1v) is 12.9. The van der Waals surface area contributed by atoms with Crippen molar-refractivity contribution in [3.63, 3.8) is 0 Å². The zero-order chi connectivity index (χ0) is 24.3. The zero-order valence-corrected chi connectivity index (χ0v) is 20.0. The van der Waals surface area contributed by atoms with Gasteiger partial charge in [-0.1, -0.05) is 0 Å². The monoisotopic (exact) mass is 479 g/mol. The molecular weight excluding hydrogens is 450 g/mol. The van der Waals surface area contributed by atoms with Crippen molar-refractivity contribution in [1.29, 1.82) is 0 Å². The second-order valence-corrected chi connectivity index (χ2v) is 11.0. The van der Waals surface area contributed by atoms with Gasteiger partial charge in [0, 0.05) is 47.0 Å². The number of hydrogen-bond acceptors (Lipinski definition) is 4. The molecular formula is C29H29N5O2. The van der Waals surface area contributed by atoms with Crippen LogP contribution in [0, 0.1) is 17.8 Å². The molecule has 0 unspecified atom stereocenters. The summed E-state index contributed by atoms with van der Waals surface area (Å²) in [6.07, 6.45) is 12.8. The first-order chi connectivity index (χ1) is 17.5. The minimum atomic E-state index is -0.143. The molecule has 4 saturated carbocycles. The predicted octanol–water partition coefficient (Wildman–Crippen LogP) is 5.13. The Morgan fingerprint density at radius 3 is 2.39 bits per heavy atom. The van der Waals surface area contributed by atoms with Crippen molar-refractivity contribution in [3.8, 4) is 11.3 Å². The molecule has 0 radical (unpaired) electrons. The number of benzene rings is 1. The fraction of sp³-hybridized carbons (Fsp3) is 0.345. The van der Waals surface area contributed by atoms with Gasteiger partial charge in [-0.3, -0.25) is 14.0 Å². The number of rotatable bonds is 5. The van der Waals surface area contributed by atoms with Crippen LogP contribution < -0.4 is 16.2 Å². The Labute approximate surface area is 209 Å². The minimum absolute atomic E-state index is 0.0143. The highest BCUT2D eigenvalue weighted by Gasteiger charge is 2.51. The molecule has 3 N–H and O–H groups in total. The van der Waals surface area contributed by atoms with Gasteiger partial charge in [0.2, 0.25) is 5.56 Å².